The van der Waals surface area contributed by atoms with Gasteiger partial charge in [-0.1, -0.05) is 19.1 Å². The predicted molar refractivity (Wildman–Crippen MR) is 193 cm³/mol. The van der Waals surface area contributed by atoms with Crippen molar-refractivity contribution in [3.8, 4) is 16.9 Å². The van der Waals surface area contributed by atoms with Gasteiger partial charge < -0.3 is 14.8 Å². The van der Waals surface area contributed by atoms with E-state index in [1.54, 1.807) is 7.11 Å². The van der Waals surface area contributed by atoms with Crippen molar-refractivity contribution in [1.82, 2.24) is 20.1 Å². The van der Waals surface area contributed by atoms with Crippen molar-refractivity contribution in [1.29, 1.82) is 0 Å². The second-order valence-corrected chi connectivity index (χ2v) is 15.9. The van der Waals surface area contributed by atoms with Gasteiger partial charge in [0.25, 0.3) is 0 Å². The molecule has 0 aliphatic heterocycles. The highest BCUT2D eigenvalue weighted by atomic mass is 16.6. The fourth-order valence-corrected chi connectivity index (χ4v) is 8.40. The fraction of sp³-hybridized carbons (Fsp3) is 0.600. The molecule has 9 nitrogen and oxygen atoms in total. The van der Waals surface area contributed by atoms with Crippen LogP contribution in [-0.4, -0.2) is 53.1 Å². The second-order valence-electron chi connectivity index (χ2n) is 15.9. The third-order valence-corrected chi connectivity index (χ3v) is 11.6. The normalized spacial score (nSPS) is 25.1. The van der Waals surface area contributed by atoms with Crippen molar-refractivity contribution in [2.45, 2.75) is 122 Å². The number of ether oxygens (including phenoxy) is 2. The summed E-state index contributed by atoms with van der Waals surface area (Å²) < 4.78 is 13.2. The molecule has 2 amide bonds. The van der Waals surface area contributed by atoms with Crippen LogP contribution >= 0.6 is 0 Å². The molecule has 1 aromatic carbocycles. The van der Waals surface area contributed by atoms with E-state index in [2.05, 4.69) is 68.6 Å². The van der Waals surface area contributed by atoms with Gasteiger partial charge in [-0.05, 0) is 144 Å². The number of carbonyl (C=O) groups is 2. The van der Waals surface area contributed by atoms with E-state index >= 15 is 0 Å². The Balaban J connectivity index is 1.23. The molecule has 49 heavy (non-hydrogen) atoms. The number of nitrogens with zero attached hydrogens (tertiary/aromatic N) is 4. The third kappa shape index (κ3) is 7.51. The van der Waals surface area contributed by atoms with Crippen LogP contribution in [0.5, 0.6) is 5.75 Å². The smallest absolute Gasteiger partial charge is 0.407 e. The lowest BCUT2D eigenvalue weighted by Gasteiger charge is -2.55. The summed E-state index contributed by atoms with van der Waals surface area (Å²) in [7, 11) is 1.73. The van der Waals surface area contributed by atoms with E-state index in [0.717, 1.165) is 61.8 Å². The molecule has 3 aromatic rings. The number of fused-ring (bicyclic) bond motifs is 3. The highest BCUT2D eigenvalue weighted by molar-refractivity contribution is 5.95. The summed E-state index contributed by atoms with van der Waals surface area (Å²) in [5, 5.41) is 7.44. The van der Waals surface area contributed by atoms with Gasteiger partial charge in [0.2, 0.25) is 5.91 Å². The van der Waals surface area contributed by atoms with E-state index in [0.29, 0.717) is 44.6 Å². The molecule has 9 heteroatoms. The van der Waals surface area contributed by atoms with Crippen LogP contribution in [0.2, 0.25) is 0 Å². The number of carbonyl (C=O) groups excluding carboxylic acids is 2. The molecular formula is C40H55N5O4. The fourth-order valence-electron chi connectivity index (χ4n) is 8.40. The number of rotatable bonds is 10. The minimum atomic E-state index is -0.358. The number of hydrogen-bond donors (Lipinski definition) is 1. The van der Waals surface area contributed by atoms with Crippen LogP contribution in [0.3, 0.4) is 0 Å². The number of aryl methyl sites for hydroxylation is 1. The summed E-state index contributed by atoms with van der Waals surface area (Å²) in [4.78, 5) is 33.7. The van der Waals surface area contributed by atoms with Crippen LogP contribution in [-0.2, 0) is 20.5 Å². The number of nitrogens with one attached hydrogen (secondary N) is 1. The lowest BCUT2D eigenvalue weighted by atomic mass is 9.51. The Labute approximate surface area is 292 Å². The van der Waals surface area contributed by atoms with Crippen LogP contribution in [0.15, 0.2) is 48.9 Å². The molecule has 7 rings (SSSR count). The molecule has 0 unspecified atom stereocenters. The Bertz CT molecular complexity index is 1610. The molecule has 4 aliphatic carbocycles. The average Bonchev–Trinajstić information content (AvgIpc) is 3.62. The van der Waals surface area contributed by atoms with E-state index in [-0.39, 0.29) is 40.4 Å². The molecule has 0 radical (unpaired) electrons. The maximum Gasteiger partial charge on any atom is 0.407 e. The third-order valence-electron chi connectivity index (χ3n) is 11.6. The molecule has 4 aliphatic rings. The maximum atomic E-state index is 14.6. The zero-order chi connectivity index (χ0) is 34.8. The Morgan fingerprint density at radius 3 is 2.33 bits per heavy atom. The number of aromatic nitrogens is 3. The first-order chi connectivity index (χ1) is 23.4. The van der Waals surface area contributed by atoms with E-state index in [4.69, 9.17) is 14.5 Å². The van der Waals surface area contributed by atoms with E-state index < -0.39 is 0 Å². The van der Waals surface area contributed by atoms with Crippen molar-refractivity contribution >= 4 is 17.8 Å². The van der Waals surface area contributed by atoms with Crippen LogP contribution in [0.4, 0.5) is 10.6 Å². The first kappa shape index (κ1) is 35.0. The monoisotopic (exact) mass is 669 g/mol. The number of benzene rings is 1. The lowest BCUT2D eigenvalue weighted by molar-refractivity contribution is -0.124. The first-order valence-corrected chi connectivity index (χ1v) is 18.4. The van der Waals surface area contributed by atoms with Gasteiger partial charge in [0.1, 0.15) is 17.7 Å². The molecular weight excluding hydrogens is 614 g/mol. The van der Waals surface area contributed by atoms with Gasteiger partial charge in [-0.2, -0.15) is 5.10 Å². The van der Waals surface area contributed by atoms with Crippen molar-refractivity contribution in [2.75, 3.05) is 25.1 Å². The molecule has 2 aromatic heterocycles. The standard InChI is InChI=1S/C40H55N5O4/c1-7-21-42-37(47)49-33-11-8-29(9-12-33)36(46)44(35-24-30(14-22-41-35)31-25-43-45(26-31)38(3,4)5)27-39-15-18-40(19-16-39,20-17-39)32-10-13-34(48-6)28(2)23-32/h10,13-14,22-26,29,33H,7-9,11-12,15-21,27H2,1-6H3,(H,42,47)/t29-,33-,39?,40?. The number of amides is 2. The van der Waals surface area contributed by atoms with Gasteiger partial charge >= 0.3 is 6.09 Å². The van der Waals surface area contributed by atoms with Crippen LogP contribution in [0.25, 0.3) is 11.1 Å². The molecule has 4 saturated carbocycles. The number of anilines is 1. The molecule has 2 bridgehead atoms. The van der Waals surface area contributed by atoms with Crippen molar-refractivity contribution in [2.24, 2.45) is 11.3 Å². The average molecular weight is 670 g/mol. The summed E-state index contributed by atoms with van der Waals surface area (Å²) in [6.45, 7) is 11.8. The Kier molecular flexibility index (Phi) is 10.1. The summed E-state index contributed by atoms with van der Waals surface area (Å²) in [6.07, 6.45) is 15.6. The predicted octanol–water partition coefficient (Wildman–Crippen LogP) is 8.34. The number of pyridine rings is 1. The number of methoxy groups -OCH3 is 1. The summed E-state index contributed by atoms with van der Waals surface area (Å²) in [5.74, 6) is 1.67. The van der Waals surface area contributed by atoms with Gasteiger partial charge in [-0.3, -0.25) is 14.4 Å². The summed E-state index contributed by atoms with van der Waals surface area (Å²) in [6, 6.07) is 10.8. The first-order valence-electron chi connectivity index (χ1n) is 18.4. The summed E-state index contributed by atoms with van der Waals surface area (Å²) in [5.41, 5.74) is 4.77. The highest BCUT2D eigenvalue weighted by Gasteiger charge is 2.51. The van der Waals surface area contributed by atoms with Crippen molar-refractivity contribution < 1.29 is 19.1 Å². The lowest BCUT2D eigenvalue weighted by Crippen LogP contribution is -2.52. The highest BCUT2D eigenvalue weighted by Crippen LogP contribution is 2.58. The topological polar surface area (TPSA) is 98.6 Å². The van der Waals surface area contributed by atoms with Gasteiger partial charge in [-0.15, -0.1) is 0 Å². The molecule has 0 atom stereocenters. The largest absolute Gasteiger partial charge is 0.496 e. The van der Waals surface area contributed by atoms with Crippen molar-refractivity contribution in [3.63, 3.8) is 0 Å². The molecule has 4 fully saturated rings. The van der Waals surface area contributed by atoms with E-state index in [1.165, 1.54) is 11.1 Å². The second kappa shape index (κ2) is 14.2. The Morgan fingerprint density at radius 2 is 1.71 bits per heavy atom. The van der Waals surface area contributed by atoms with Gasteiger partial charge in [0, 0.05) is 37.0 Å². The zero-order valence-corrected chi connectivity index (χ0v) is 30.4. The van der Waals surface area contributed by atoms with Crippen molar-refractivity contribution in [3.05, 3.63) is 60.0 Å². The van der Waals surface area contributed by atoms with Crippen LogP contribution < -0.4 is 15.0 Å². The minimum Gasteiger partial charge on any atom is -0.496 e. The van der Waals surface area contributed by atoms with Gasteiger partial charge in [0.15, 0.2) is 0 Å². The Hall–Kier alpha value is -3.88. The quantitative estimate of drug-likeness (QED) is 0.233. The SMILES string of the molecule is CCCNC(=O)O[C@H]1CC[C@H](C(=O)N(CC23CCC(c4ccc(OC)c(C)c4)(CC2)CC3)c2cc(-c3cnn(C(C)(C)C)c3)ccn2)CC1. The molecule has 0 spiro atoms. The molecule has 264 valence electrons. The van der Waals surface area contributed by atoms with Gasteiger partial charge in [-0.25, -0.2) is 9.78 Å². The molecule has 1 N–H and O–H groups in total. The zero-order valence-electron chi connectivity index (χ0n) is 30.4. The molecule has 0 saturated heterocycles. The van der Waals surface area contributed by atoms with Gasteiger partial charge in [0.05, 0.1) is 18.8 Å². The summed E-state index contributed by atoms with van der Waals surface area (Å²) >= 11 is 0. The minimum absolute atomic E-state index is 0.0609. The van der Waals surface area contributed by atoms with Crippen LogP contribution in [0.1, 0.15) is 109 Å². The van der Waals surface area contributed by atoms with E-state index in [1.807, 2.05) is 35.0 Å². The Morgan fingerprint density at radius 1 is 1.00 bits per heavy atom. The maximum absolute atomic E-state index is 14.6. The van der Waals surface area contributed by atoms with E-state index in [9.17, 15) is 9.59 Å². The number of alkyl carbamates (subject to hydrolysis) is 1. The molecule has 2 heterocycles. The van der Waals surface area contributed by atoms with Crippen LogP contribution in [0, 0.1) is 18.3 Å². The number of hydrogen-bond acceptors (Lipinski definition) is 6.